The van der Waals surface area contributed by atoms with Gasteiger partial charge in [-0.25, -0.2) is 4.57 Å². The number of allylic oxidation sites excluding steroid dienone is 7. The molecule has 0 saturated heterocycles. The first-order chi connectivity index (χ1) is 30.0. The molecule has 3 N–H and O–H groups in total. The molecule has 8 nitrogen and oxygen atoms in total. The van der Waals surface area contributed by atoms with Crippen LogP contribution in [0.25, 0.3) is 0 Å². The number of hydrogen-bond acceptors (Lipinski definition) is 5. The first-order valence-electron chi connectivity index (χ1n) is 26.0. The summed E-state index contributed by atoms with van der Waals surface area (Å²) in [5.41, 5.74) is 0. The van der Waals surface area contributed by atoms with Gasteiger partial charge in [-0.3, -0.25) is 13.8 Å². The Morgan fingerprint density at radius 1 is 0.548 bits per heavy atom. The fourth-order valence-electron chi connectivity index (χ4n) is 7.40. The second-order valence-electron chi connectivity index (χ2n) is 18.9. The Morgan fingerprint density at radius 2 is 0.919 bits per heavy atom. The molecule has 0 bridgehead atoms. The van der Waals surface area contributed by atoms with Crippen LogP contribution in [-0.4, -0.2) is 73.4 Å². The SMILES string of the molecule is CCCCC/C=C\C/C=C\C/C=C\CCCCCCCCC(=O)NC(COP(=O)(O)OCC[N+](C)(C)C)C(O)/C=C/CCCCCCCCCCCCCCCCCCCCC. The van der Waals surface area contributed by atoms with E-state index in [0.717, 1.165) is 64.2 Å². The normalized spacial score (nSPS) is 14.5. The van der Waals surface area contributed by atoms with Gasteiger partial charge in [-0.1, -0.05) is 217 Å². The number of phosphoric acid groups is 1. The summed E-state index contributed by atoms with van der Waals surface area (Å²) >= 11 is 0. The molecule has 0 spiro atoms. The van der Waals surface area contributed by atoms with E-state index in [9.17, 15) is 19.4 Å². The summed E-state index contributed by atoms with van der Waals surface area (Å²) in [4.78, 5) is 23.2. The van der Waals surface area contributed by atoms with Crippen molar-refractivity contribution in [3.05, 3.63) is 48.6 Å². The van der Waals surface area contributed by atoms with Crippen molar-refractivity contribution < 1.29 is 32.9 Å². The van der Waals surface area contributed by atoms with Crippen molar-refractivity contribution >= 4 is 13.7 Å². The topological polar surface area (TPSA) is 105 Å². The van der Waals surface area contributed by atoms with Crippen molar-refractivity contribution in [1.82, 2.24) is 5.32 Å². The zero-order valence-electron chi connectivity index (χ0n) is 41.4. The average molecular weight is 894 g/mol. The number of hydrogen-bond donors (Lipinski definition) is 3. The molecular weight excluding hydrogens is 792 g/mol. The van der Waals surface area contributed by atoms with E-state index in [4.69, 9.17) is 9.05 Å². The molecule has 0 heterocycles. The third kappa shape index (κ3) is 46.5. The lowest BCUT2D eigenvalue weighted by molar-refractivity contribution is -0.870. The first kappa shape index (κ1) is 60.5. The van der Waals surface area contributed by atoms with E-state index in [-0.39, 0.29) is 19.1 Å². The molecule has 9 heteroatoms. The van der Waals surface area contributed by atoms with Gasteiger partial charge >= 0.3 is 7.82 Å². The van der Waals surface area contributed by atoms with Crippen LogP contribution in [0.2, 0.25) is 0 Å². The summed E-state index contributed by atoms with van der Waals surface area (Å²) in [6, 6.07) is -0.855. The highest BCUT2D eigenvalue weighted by atomic mass is 31.2. The predicted molar refractivity (Wildman–Crippen MR) is 267 cm³/mol. The largest absolute Gasteiger partial charge is 0.472 e. The van der Waals surface area contributed by atoms with Crippen LogP contribution in [0.3, 0.4) is 0 Å². The number of amides is 1. The maximum atomic E-state index is 12.9. The van der Waals surface area contributed by atoms with E-state index in [0.29, 0.717) is 17.4 Å². The van der Waals surface area contributed by atoms with Crippen molar-refractivity contribution in [3.63, 3.8) is 0 Å². The maximum absolute atomic E-state index is 12.9. The molecule has 3 unspecified atom stereocenters. The number of quaternary nitrogens is 1. The maximum Gasteiger partial charge on any atom is 0.472 e. The van der Waals surface area contributed by atoms with Crippen molar-refractivity contribution in [1.29, 1.82) is 0 Å². The average Bonchev–Trinajstić information content (AvgIpc) is 3.23. The Bertz CT molecular complexity index is 1150. The second kappa shape index (κ2) is 44.7. The third-order valence-corrected chi connectivity index (χ3v) is 12.5. The monoisotopic (exact) mass is 894 g/mol. The van der Waals surface area contributed by atoms with Crippen molar-refractivity contribution in [2.45, 2.75) is 244 Å². The number of carbonyl (C=O) groups excluding carboxylic acids is 1. The highest BCUT2D eigenvalue weighted by Crippen LogP contribution is 2.43. The lowest BCUT2D eigenvalue weighted by Crippen LogP contribution is -2.45. The van der Waals surface area contributed by atoms with Gasteiger partial charge in [0.05, 0.1) is 39.9 Å². The standard InChI is InChI=1S/C53H101N2O6P/c1-6-8-10-12-14-16-18-20-22-24-26-27-29-30-32-34-36-38-40-42-44-46-52(56)51(50-61-62(58,59)60-49-48-55(3,4)5)54-53(57)47-45-43-41-39-37-35-33-31-28-25-23-21-19-17-15-13-11-9-7-2/h15,17,21,23,28,31,44,46,51-52,56H,6-14,16,18-20,22,24-27,29-30,32-43,45,47-50H2,1-5H3,(H-,54,57,58,59)/p+1/b17-15-,23-21-,31-28-,46-44+. The Hall–Kier alpha value is -1.54. The summed E-state index contributed by atoms with van der Waals surface area (Å²) in [6.07, 6.45) is 57.6. The van der Waals surface area contributed by atoms with Crippen LogP contribution in [0.5, 0.6) is 0 Å². The van der Waals surface area contributed by atoms with Crippen LogP contribution in [0.15, 0.2) is 48.6 Å². The summed E-state index contributed by atoms with van der Waals surface area (Å²) in [7, 11) is 1.56. The zero-order valence-corrected chi connectivity index (χ0v) is 42.3. The predicted octanol–water partition coefficient (Wildman–Crippen LogP) is 15.2. The van der Waals surface area contributed by atoms with Gasteiger partial charge < -0.3 is 19.8 Å². The minimum atomic E-state index is -4.35. The van der Waals surface area contributed by atoms with Crippen LogP contribution in [0, 0.1) is 0 Å². The van der Waals surface area contributed by atoms with Crippen LogP contribution < -0.4 is 5.32 Å². The minimum Gasteiger partial charge on any atom is -0.387 e. The van der Waals surface area contributed by atoms with Gasteiger partial charge in [-0.15, -0.1) is 0 Å². The van der Waals surface area contributed by atoms with E-state index in [1.165, 1.54) is 148 Å². The van der Waals surface area contributed by atoms with Gasteiger partial charge in [0.1, 0.15) is 13.2 Å². The summed E-state index contributed by atoms with van der Waals surface area (Å²) in [5.74, 6) is -0.189. The number of unbranched alkanes of at least 4 members (excludes halogenated alkanes) is 28. The fourth-order valence-corrected chi connectivity index (χ4v) is 8.14. The molecule has 3 atom stereocenters. The molecule has 0 aliphatic heterocycles. The smallest absolute Gasteiger partial charge is 0.387 e. The van der Waals surface area contributed by atoms with E-state index in [1.54, 1.807) is 6.08 Å². The Labute approximate surface area is 384 Å². The zero-order chi connectivity index (χ0) is 45.7. The number of aliphatic hydroxyl groups excluding tert-OH is 1. The number of likely N-dealkylation sites (N-methyl/N-ethyl adjacent to an activating group) is 1. The highest BCUT2D eigenvalue weighted by molar-refractivity contribution is 7.47. The van der Waals surface area contributed by atoms with Crippen LogP contribution in [0.1, 0.15) is 232 Å². The van der Waals surface area contributed by atoms with Crippen molar-refractivity contribution in [3.8, 4) is 0 Å². The van der Waals surface area contributed by atoms with Gasteiger partial charge in [0.15, 0.2) is 0 Å². The highest BCUT2D eigenvalue weighted by Gasteiger charge is 2.27. The Morgan fingerprint density at radius 3 is 1.37 bits per heavy atom. The number of aliphatic hydroxyl groups is 1. The number of nitrogens with one attached hydrogen (secondary N) is 1. The van der Waals surface area contributed by atoms with Gasteiger partial charge in [0.2, 0.25) is 5.91 Å². The van der Waals surface area contributed by atoms with Crippen LogP contribution in [-0.2, 0) is 18.4 Å². The molecule has 62 heavy (non-hydrogen) atoms. The van der Waals surface area contributed by atoms with Gasteiger partial charge in [0.25, 0.3) is 0 Å². The molecule has 1 amide bonds. The molecule has 0 fully saturated rings. The summed E-state index contributed by atoms with van der Waals surface area (Å²) < 4.78 is 23.6. The molecule has 0 radical (unpaired) electrons. The Kier molecular flexibility index (Phi) is 43.5. The first-order valence-corrected chi connectivity index (χ1v) is 27.5. The quantitative estimate of drug-likeness (QED) is 0.0243. The van der Waals surface area contributed by atoms with Gasteiger partial charge in [-0.05, 0) is 57.8 Å². The molecule has 364 valence electrons. The van der Waals surface area contributed by atoms with Crippen molar-refractivity contribution in [2.24, 2.45) is 0 Å². The number of phosphoric ester groups is 1. The van der Waals surface area contributed by atoms with Gasteiger partial charge in [-0.2, -0.15) is 0 Å². The number of carbonyl (C=O) groups is 1. The second-order valence-corrected chi connectivity index (χ2v) is 20.4. The molecule has 0 aromatic rings. The minimum absolute atomic E-state index is 0.0576. The third-order valence-electron chi connectivity index (χ3n) is 11.5. The van der Waals surface area contributed by atoms with Crippen molar-refractivity contribution in [2.75, 3.05) is 40.9 Å². The fraction of sp³-hybridized carbons (Fsp3) is 0.830. The molecule has 0 aliphatic rings. The molecule has 0 saturated carbocycles. The van der Waals surface area contributed by atoms with E-state index < -0.39 is 20.0 Å². The lowest BCUT2D eigenvalue weighted by atomic mass is 10.0. The summed E-state index contributed by atoms with van der Waals surface area (Å²) in [5, 5.41) is 13.9. The van der Waals surface area contributed by atoms with Gasteiger partial charge in [0, 0.05) is 6.42 Å². The molecular formula is C53H102N2O6P+. The molecule has 0 aliphatic carbocycles. The van der Waals surface area contributed by atoms with Crippen LogP contribution in [0.4, 0.5) is 0 Å². The number of nitrogens with zero attached hydrogens (tertiary/aromatic N) is 1. The summed E-state index contributed by atoms with van der Waals surface area (Å²) in [6.45, 7) is 4.79. The van der Waals surface area contributed by atoms with E-state index in [1.807, 2.05) is 27.2 Å². The van der Waals surface area contributed by atoms with E-state index >= 15 is 0 Å². The lowest BCUT2D eigenvalue weighted by Gasteiger charge is -2.25. The molecule has 0 aromatic heterocycles. The molecule has 0 rings (SSSR count). The Balaban J connectivity index is 4.34. The number of rotatable bonds is 47. The molecule has 0 aromatic carbocycles. The van der Waals surface area contributed by atoms with Crippen LogP contribution >= 0.6 is 7.82 Å². The van der Waals surface area contributed by atoms with E-state index in [2.05, 4.69) is 55.6 Å².